The van der Waals surface area contributed by atoms with Crippen LogP contribution in [0.15, 0.2) is 53.8 Å². The van der Waals surface area contributed by atoms with Crippen LogP contribution in [0.5, 0.6) is 0 Å². The molecule has 1 unspecified atom stereocenters. The zero-order valence-electron chi connectivity index (χ0n) is 14.8. The molecule has 9 heteroatoms. The van der Waals surface area contributed by atoms with Crippen molar-refractivity contribution in [3.05, 3.63) is 64.3 Å². The number of hydrogen-bond donors (Lipinski definition) is 2. The van der Waals surface area contributed by atoms with E-state index >= 15 is 0 Å². The molecule has 2 aliphatic rings. The maximum atomic E-state index is 12.4. The highest BCUT2D eigenvalue weighted by Crippen LogP contribution is 2.36. The Morgan fingerprint density at radius 1 is 1.29 bits per heavy atom. The molecule has 144 valence electrons. The van der Waals surface area contributed by atoms with Crippen molar-refractivity contribution >= 4 is 40.9 Å². The van der Waals surface area contributed by atoms with Gasteiger partial charge >= 0.3 is 5.97 Å². The number of carbonyl (C=O) groups is 3. The molecule has 4 rings (SSSR count). The van der Waals surface area contributed by atoms with Crippen LogP contribution in [-0.2, 0) is 22.6 Å². The molecule has 0 aliphatic carbocycles. The number of nitrogens with zero attached hydrogens (tertiary/aromatic N) is 2. The fourth-order valence-electron chi connectivity index (χ4n) is 3.18. The van der Waals surface area contributed by atoms with Crippen LogP contribution in [0.1, 0.15) is 15.2 Å². The number of pyridine rings is 1. The van der Waals surface area contributed by atoms with Gasteiger partial charge in [-0.05, 0) is 11.4 Å². The summed E-state index contributed by atoms with van der Waals surface area (Å²) in [6, 6.07) is 6.44. The van der Waals surface area contributed by atoms with Crippen LogP contribution in [0.3, 0.4) is 0 Å². The molecule has 0 spiro atoms. The highest BCUT2D eigenvalue weighted by molar-refractivity contribution is 8.00. The molecule has 28 heavy (non-hydrogen) atoms. The van der Waals surface area contributed by atoms with E-state index in [0.717, 1.165) is 16.2 Å². The van der Waals surface area contributed by atoms with Gasteiger partial charge in [0.2, 0.25) is 5.91 Å². The topological polar surface area (TPSA) is 90.6 Å². The Hall–Kier alpha value is -2.65. The smallest absolute Gasteiger partial charge is 0.336 e. The number of fused-ring (bicyclic) bond motifs is 1. The lowest BCUT2D eigenvalue weighted by Gasteiger charge is -2.47. The number of hydrogen-bond acceptors (Lipinski definition) is 5. The van der Waals surface area contributed by atoms with E-state index in [0.29, 0.717) is 13.0 Å². The molecule has 1 fully saturated rings. The van der Waals surface area contributed by atoms with Gasteiger partial charge in [-0.1, -0.05) is 6.07 Å². The second kappa shape index (κ2) is 7.76. The molecule has 2 aliphatic heterocycles. The normalized spacial score (nSPS) is 20.8. The first-order valence-electron chi connectivity index (χ1n) is 8.69. The minimum atomic E-state index is -0.958. The average Bonchev–Trinajstić information content (AvgIpc) is 3.19. The van der Waals surface area contributed by atoms with E-state index in [2.05, 4.69) is 5.32 Å². The number of β-lactam (4-membered cyclic amide) rings is 1. The molecule has 0 radical (unpaired) electrons. The highest BCUT2D eigenvalue weighted by atomic mass is 32.2. The molecule has 1 saturated heterocycles. The van der Waals surface area contributed by atoms with E-state index in [4.69, 9.17) is 5.11 Å². The monoisotopic (exact) mass is 416 g/mol. The van der Waals surface area contributed by atoms with Gasteiger partial charge < -0.3 is 15.3 Å². The number of carboxylic acids is 1. The van der Waals surface area contributed by atoms with Crippen molar-refractivity contribution in [2.45, 2.75) is 24.4 Å². The summed E-state index contributed by atoms with van der Waals surface area (Å²) in [5.74, 6) is -0.439. The SMILES string of the molecule is O=C(Cc1cccs1)NC1C(=O)N2C=C(C[n+]3ccc(C(=O)O)cc3)CS[C@H]12. The van der Waals surface area contributed by atoms with E-state index in [9.17, 15) is 14.4 Å². The predicted molar refractivity (Wildman–Crippen MR) is 105 cm³/mol. The Labute approximate surface area is 169 Å². The summed E-state index contributed by atoms with van der Waals surface area (Å²) in [5, 5.41) is 13.7. The minimum Gasteiger partial charge on any atom is -0.478 e. The fourth-order valence-corrected chi connectivity index (χ4v) is 5.14. The van der Waals surface area contributed by atoms with Crippen LogP contribution >= 0.6 is 23.1 Å². The number of aromatic nitrogens is 1. The summed E-state index contributed by atoms with van der Waals surface area (Å²) < 4.78 is 1.88. The second-order valence-corrected chi connectivity index (χ2v) is 8.74. The zero-order valence-corrected chi connectivity index (χ0v) is 16.4. The number of nitrogens with one attached hydrogen (secondary N) is 1. The zero-order chi connectivity index (χ0) is 19.7. The van der Waals surface area contributed by atoms with Gasteiger partial charge in [-0.2, -0.15) is 0 Å². The lowest BCUT2D eigenvalue weighted by Crippen LogP contribution is -2.68. The molecular weight excluding hydrogens is 398 g/mol. The first kappa shape index (κ1) is 18.7. The summed E-state index contributed by atoms with van der Waals surface area (Å²) in [5.41, 5.74) is 1.30. The number of thiophene rings is 1. The van der Waals surface area contributed by atoms with Crippen molar-refractivity contribution in [3.63, 3.8) is 0 Å². The third kappa shape index (κ3) is 3.81. The molecule has 2 atom stereocenters. The van der Waals surface area contributed by atoms with E-state index in [1.54, 1.807) is 41.2 Å². The second-order valence-electron chi connectivity index (χ2n) is 6.60. The van der Waals surface area contributed by atoms with Crippen LogP contribution in [0.4, 0.5) is 0 Å². The maximum absolute atomic E-state index is 12.4. The van der Waals surface area contributed by atoms with Crippen molar-refractivity contribution in [2.24, 2.45) is 0 Å². The van der Waals surface area contributed by atoms with E-state index in [1.165, 1.54) is 11.3 Å². The molecule has 2 N–H and O–H groups in total. The molecule has 2 aromatic heterocycles. The summed E-state index contributed by atoms with van der Waals surface area (Å²) in [7, 11) is 0. The number of carboxylic acid groups (broad SMARTS) is 1. The van der Waals surface area contributed by atoms with Crippen molar-refractivity contribution in [1.29, 1.82) is 0 Å². The molecule has 0 saturated carbocycles. The van der Waals surface area contributed by atoms with E-state index in [-0.39, 0.29) is 22.8 Å². The standard InChI is InChI=1S/C19H17N3O4S2/c23-15(8-14-2-1-7-27-14)20-16-17(24)22-10-12(11-28-18(16)22)9-21-5-3-13(4-6-21)19(25)26/h1-7,10,16,18H,8-9,11H2,(H-,20,23,25,26)/p+1/t16?,18-/m1/s1. The van der Waals surface area contributed by atoms with Gasteiger partial charge in [0, 0.05) is 34.5 Å². The van der Waals surface area contributed by atoms with Crippen LogP contribution in [0.2, 0.25) is 0 Å². The molecule has 2 amide bonds. The lowest BCUT2D eigenvalue weighted by atomic mass is 10.1. The minimum absolute atomic E-state index is 0.0667. The number of thioether (sulfide) groups is 1. The van der Waals surface area contributed by atoms with Gasteiger partial charge in [-0.25, -0.2) is 9.36 Å². The van der Waals surface area contributed by atoms with Gasteiger partial charge in [0.05, 0.1) is 12.0 Å². The first-order chi connectivity index (χ1) is 13.5. The summed E-state index contributed by atoms with van der Waals surface area (Å²) in [4.78, 5) is 38.2. The largest absolute Gasteiger partial charge is 0.478 e. The third-order valence-corrected chi connectivity index (χ3v) is 6.85. The van der Waals surface area contributed by atoms with Crippen molar-refractivity contribution < 1.29 is 24.1 Å². The Kier molecular flexibility index (Phi) is 5.19. The number of rotatable bonds is 6. The number of amides is 2. The van der Waals surface area contributed by atoms with Crippen LogP contribution < -0.4 is 9.88 Å². The molecule has 0 bridgehead atoms. The maximum Gasteiger partial charge on any atom is 0.336 e. The van der Waals surface area contributed by atoms with E-state index < -0.39 is 12.0 Å². The third-order valence-electron chi connectivity index (χ3n) is 4.60. The van der Waals surface area contributed by atoms with Gasteiger partial charge in [-0.3, -0.25) is 9.59 Å². The van der Waals surface area contributed by atoms with Gasteiger partial charge in [-0.15, -0.1) is 23.1 Å². The van der Waals surface area contributed by atoms with Gasteiger partial charge in [0.1, 0.15) is 11.4 Å². The Morgan fingerprint density at radius 2 is 2.07 bits per heavy atom. The Bertz CT molecular complexity index is 941. The number of carbonyl (C=O) groups excluding carboxylic acids is 2. The Balaban J connectivity index is 1.35. The molecule has 2 aromatic rings. The molecule has 4 heterocycles. The Morgan fingerprint density at radius 3 is 2.75 bits per heavy atom. The summed E-state index contributed by atoms with van der Waals surface area (Å²) >= 11 is 3.15. The number of aromatic carboxylic acids is 1. The highest BCUT2D eigenvalue weighted by Gasteiger charge is 2.49. The average molecular weight is 417 g/mol. The molecule has 0 aromatic carbocycles. The van der Waals surface area contributed by atoms with Crippen molar-refractivity contribution in [3.8, 4) is 0 Å². The van der Waals surface area contributed by atoms with Crippen LogP contribution in [0.25, 0.3) is 0 Å². The van der Waals surface area contributed by atoms with Gasteiger partial charge in [0.25, 0.3) is 5.91 Å². The first-order valence-corrected chi connectivity index (χ1v) is 10.6. The lowest BCUT2D eigenvalue weighted by molar-refractivity contribution is -0.689. The molecule has 7 nitrogen and oxygen atoms in total. The van der Waals surface area contributed by atoms with E-state index in [1.807, 2.05) is 28.3 Å². The quantitative estimate of drug-likeness (QED) is 0.547. The predicted octanol–water partition coefficient (Wildman–Crippen LogP) is 1.26. The summed E-state index contributed by atoms with van der Waals surface area (Å²) in [6.45, 7) is 0.582. The fraction of sp³-hybridized carbons (Fsp3) is 0.263. The summed E-state index contributed by atoms with van der Waals surface area (Å²) in [6.07, 6.45) is 5.57. The van der Waals surface area contributed by atoms with Crippen LogP contribution in [0, 0.1) is 0 Å². The van der Waals surface area contributed by atoms with Crippen LogP contribution in [-0.4, -0.2) is 45.0 Å². The van der Waals surface area contributed by atoms with Crippen molar-refractivity contribution in [1.82, 2.24) is 10.2 Å². The molecular formula is C19H18N3O4S2+. The van der Waals surface area contributed by atoms with Gasteiger partial charge in [0.15, 0.2) is 18.9 Å². The van der Waals surface area contributed by atoms with Crippen molar-refractivity contribution in [2.75, 3.05) is 5.75 Å².